The maximum Gasteiger partial charge on any atom is 0.0618 e. The topological polar surface area (TPSA) is 55.3 Å². The van der Waals surface area contributed by atoms with Crippen molar-refractivity contribution in [1.82, 2.24) is 0 Å². The van der Waals surface area contributed by atoms with Crippen LogP contribution in [0.5, 0.6) is 0 Å². The van der Waals surface area contributed by atoms with Gasteiger partial charge in [-0.2, -0.15) is 0 Å². The summed E-state index contributed by atoms with van der Waals surface area (Å²) in [4.78, 5) is 2.26. The van der Waals surface area contributed by atoms with E-state index in [1.165, 1.54) is 5.69 Å². The van der Waals surface area contributed by atoms with Crippen molar-refractivity contribution in [3.63, 3.8) is 0 Å². The van der Waals surface area contributed by atoms with E-state index < -0.39 is 0 Å². The molecule has 0 fully saturated rings. The average molecular weight is 203 g/mol. The Morgan fingerprint density at radius 2 is 1.87 bits per heavy atom. The Bertz CT molecular complexity index is 407. The van der Waals surface area contributed by atoms with E-state index in [1.807, 2.05) is 18.2 Å². The molecular weight excluding hydrogens is 186 g/mol. The minimum atomic E-state index is 0.429. The molecule has 0 bridgehead atoms. The van der Waals surface area contributed by atoms with Crippen LogP contribution in [-0.2, 0) is 0 Å². The first-order valence-corrected chi connectivity index (χ1v) is 5.21. The van der Waals surface area contributed by atoms with Gasteiger partial charge in [-0.05, 0) is 19.9 Å². The Morgan fingerprint density at radius 3 is 2.53 bits per heavy atom. The van der Waals surface area contributed by atoms with Gasteiger partial charge in [0.25, 0.3) is 0 Å². The fourth-order valence-electron chi connectivity index (χ4n) is 1.94. The van der Waals surface area contributed by atoms with Crippen LogP contribution in [0.3, 0.4) is 0 Å². The molecule has 1 aliphatic rings. The molecule has 0 spiro atoms. The van der Waals surface area contributed by atoms with Crippen LogP contribution in [0.25, 0.3) is 5.70 Å². The summed E-state index contributed by atoms with van der Waals surface area (Å²) >= 11 is 0. The number of anilines is 1. The Balaban J connectivity index is 2.55. The molecule has 2 rings (SSSR count). The van der Waals surface area contributed by atoms with E-state index in [0.29, 0.717) is 6.04 Å². The molecular formula is C12H17N3. The van der Waals surface area contributed by atoms with Gasteiger partial charge in [0.15, 0.2) is 0 Å². The van der Waals surface area contributed by atoms with Gasteiger partial charge in [-0.25, -0.2) is 0 Å². The van der Waals surface area contributed by atoms with Crippen molar-refractivity contribution in [1.29, 1.82) is 0 Å². The highest BCUT2D eigenvalue weighted by molar-refractivity contribution is 5.80. The molecule has 0 aliphatic carbocycles. The van der Waals surface area contributed by atoms with Crippen molar-refractivity contribution in [3.8, 4) is 0 Å². The van der Waals surface area contributed by atoms with Crippen LogP contribution >= 0.6 is 0 Å². The molecule has 80 valence electrons. The van der Waals surface area contributed by atoms with Gasteiger partial charge in [0.1, 0.15) is 0 Å². The summed E-state index contributed by atoms with van der Waals surface area (Å²) < 4.78 is 0. The number of fused-ring (bicyclic) bond motifs is 1. The van der Waals surface area contributed by atoms with Crippen molar-refractivity contribution < 1.29 is 0 Å². The Kier molecular flexibility index (Phi) is 2.31. The summed E-state index contributed by atoms with van der Waals surface area (Å²) in [6, 6.07) is 8.56. The van der Waals surface area contributed by atoms with Crippen LogP contribution in [0.1, 0.15) is 19.4 Å². The van der Waals surface area contributed by atoms with E-state index in [4.69, 9.17) is 11.5 Å². The van der Waals surface area contributed by atoms with Crippen LogP contribution in [0, 0.1) is 0 Å². The van der Waals surface area contributed by atoms with Gasteiger partial charge >= 0.3 is 0 Å². The number of nitrogens with two attached hydrogens (primary N) is 2. The molecule has 4 N–H and O–H groups in total. The highest BCUT2D eigenvalue weighted by Crippen LogP contribution is 2.31. The summed E-state index contributed by atoms with van der Waals surface area (Å²) in [7, 11) is 0. The lowest BCUT2D eigenvalue weighted by Gasteiger charge is -2.35. The second-order valence-electron chi connectivity index (χ2n) is 4.18. The molecule has 0 amide bonds. The molecule has 3 heteroatoms. The average Bonchev–Trinajstić information content (AvgIpc) is 2.23. The molecule has 0 saturated heterocycles. The fraction of sp³-hybridized carbons (Fsp3) is 0.333. The van der Waals surface area contributed by atoms with Crippen LogP contribution in [-0.4, -0.2) is 12.6 Å². The summed E-state index contributed by atoms with van der Waals surface area (Å²) in [5.74, 6) is 0. The number of benzene rings is 1. The minimum Gasteiger partial charge on any atom is -0.399 e. The van der Waals surface area contributed by atoms with E-state index in [9.17, 15) is 0 Å². The molecule has 15 heavy (non-hydrogen) atoms. The largest absolute Gasteiger partial charge is 0.399 e. The number of hydrogen-bond acceptors (Lipinski definition) is 3. The summed E-state index contributed by atoms with van der Waals surface area (Å²) in [6.45, 7) is 5.04. The van der Waals surface area contributed by atoms with Crippen molar-refractivity contribution in [2.75, 3.05) is 11.4 Å². The van der Waals surface area contributed by atoms with Gasteiger partial charge < -0.3 is 16.4 Å². The molecule has 1 heterocycles. The van der Waals surface area contributed by atoms with E-state index in [1.54, 1.807) is 0 Å². The first-order valence-electron chi connectivity index (χ1n) is 5.21. The lowest BCUT2D eigenvalue weighted by molar-refractivity contribution is 0.703. The predicted molar refractivity (Wildman–Crippen MR) is 64.2 cm³/mol. The maximum absolute atomic E-state index is 5.98. The van der Waals surface area contributed by atoms with Crippen molar-refractivity contribution in [2.45, 2.75) is 19.9 Å². The molecule has 0 radical (unpaired) electrons. The molecule has 1 aliphatic heterocycles. The lowest BCUT2D eigenvalue weighted by atomic mass is 10.0. The van der Waals surface area contributed by atoms with Gasteiger partial charge in [0.2, 0.25) is 0 Å². The number of hydrogen-bond donors (Lipinski definition) is 2. The van der Waals surface area contributed by atoms with E-state index >= 15 is 0 Å². The maximum atomic E-state index is 5.98. The van der Waals surface area contributed by atoms with Gasteiger partial charge in [-0.15, -0.1) is 0 Å². The smallest absolute Gasteiger partial charge is 0.0618 e. The minimum absolute atomic E-state index is 0.429. The van der Waals surface area contributed by atoms with E-state index in [0.717, 1.165) is 23.5 Å². The van der Waals surface area contributed by atoms with Crippen LogP contribution in [0.15, 0.2) is 30.0 Å². The molecule has 1 aromatic carbocycles. The monoisotopic (exact) mass is 203 g/mol. The molecule has 0 aromatic heterocycles. The zero-order valence-corrected chi connectivity index (χ0v) is 9.20. The lowest BCUT2D eigenvalue weighted by Crippen LogP contribution is -2.38. The molecule has 0 saturated carbocycles. The Labute approximate surface area is 90.4 Å². The fourth-order valence-corrected chi connectivity index (χ4v) is 1.94. The third-order valence-corrected chi connectivity index (χ3v) is 2.81. The standard InChI is InChI=1S/C12H17N3/c1-8(2)15-7-10(13)12(14)9-5-3-4-6-11(9)15/h3-6,8H,7,13-14H2,1-2H3. The van der Waals surface area contributed by atoms with Crippen LogP contribution in [0.2, 0.25) is 0 Å². The third-order valence-electron chi connectivity index (χ3n) is 2.81. The quantitative estimate of drug-likeness (QED) is 0.727. The van der Waals surface area contributed by atoms with Crippen molar-refractivity contribution in [2.24, 2.45) is 11.5 Å². The molecule has 0 atom stereocenters. The normalized spacial score (nSPS) is 15.8. The highest BCUT2D eigenvalue weighted by atomic mass is 15.2. The third kappa shape index (κ3) is 1.54. The summed E-state index contributed by atoms with van der Waals surface area (Å²) in [6.07, 6.45) is 0. The predicted octanol–water partition coefficient (Wildman–Crippen LogP) is 1.50. The van der Waals surface area contributed by atoms with E-state index in [2.05, 4.69) is 24.8 Å². The molecule has 0 unspecified atom stereocenters. The molecule has 1 aromatic rings. The summed E-state index contributed by atoms with van der Waals surface area (Å²) in [5.41, 5.74) is 15.6. The zero-order chi connectivity index (χ0) is 11.0. The second-order valence-corrected chi connectivity index (χ2v) is 4.18. The van der Waals surface area contributed by atoms with Gasteiger partial charge in [-0.3, -0.25) is 0 Å². The number of nitrogens with zero attached hydrogens (tertiary/aromatic N) is 1. The van der Waals surface area contributed by atoms with Crippen molar-refractivity contribution >= 4 is 11.4 Å². The van der Waals surface area contributed by atoms with E-state index in [-0.39, 0.29) is 0 Å². The number of rotatable bonds is 1. The highest BCUT2D eigenvalue weighted by Gasteiger charge is 2.22. The van der Waals surface area contributed by atoms with Crippen LogP contribution < -0.4 is 16.4 Å². The van der Waals surface area contributed by atoms with Crippen LogP contribution in [0.4, 0.5) is 5.69 Å². The first kappa shape index (κ1) is 9.90. The van der Waals surface area contributed by atoms with Crippen molar-refractivity contribution in [3.05, 3.63) is 35.5 Å². The zero-order valence-electron chi connectivity index (χ0n) is 9.20. The SMILES string of the molecule is CC(C)N1CC(N)=C(N)c2ccccc21. The first-order chi connectivity index (χ1) is 7.11. The Hall–Kier alpha value is -1.64. The number of para-hydroxylation sites is 1. The molecule has 3 nitrogen and oxygen atoms in total. The van der Waals surface area contributed by atoms with Gasteiger partial charge in [-0.1, -0.05) is 18.2 Å². The summed E-state index contributed by atoms with van der Waals surface area (Å²) in [5, 5.41) is 0. The van der Waals surface area contributed by atoms with Gasteiger partial charge in [0, 0.05) is 17.3 Å². The second kappa shape index (κ2) is 3.50. The van der Waals surface area contributed by atoms with Gasteiger partial charge in [0.05, 0.1) is 17.9 Å². The Morgan fingerprint density at radius 1 is 1.20 bits per heavy atom.